The van der Waals surface area contributed by atoms with Crippen molar-refractivity contribution >= 4 is 11.8 Å². The van der Waals surface area contributed by atoms with Gasteiger partial charge in [0.05, 0.1) is 0 Å². The molecule has 0 radical (unpaired) electrons. The predicted octanol–water partition coefficient (Wildman–Crippen LogP) is 0.864. The summed E-state index contributed by atoms with van der Waals surface area (Å²) in [5.74, 6) is 1.00. The van der Waals surface area contributed by atoms with Gasteiger partial charge < -0.3 is 16.4 Å². The van der Waals surface area contributed by atoms with Gasteiger partial charge in [0.15, 0.2) is 0 Å². The molecule has 2 fully saturated rings. The molecule has 1 aliphatic heterocycles. The standard InChI is InChI=1S/C15H27N3O2/c1-10-8-12(2-3-13(10)16)15(20)18-6-4-11(5-7-18)9-14(17)19/h10-13H,2-9,16H2,1H3,(H2,17,19). The van der Waals surface area contributed by atoms with Gasteiger partial charge in [-0.15, -0.1) is 0 Å². The van der Waals surface area contributed by atoms with Gasteiger partial charge in [0.2, 0.25) is 11.8 Å². The van der Waals surface area contributed by atoms with Crippen molar-refractivity contribution < 1.29 is 9.59 Å². The number of hydrogen-bond acceptors (Lipinski definition) is 3. The van der Waals surface area contributed by atoms with E-state index in [1.54, 1.807) is 0 Å². The molecule has 0 spiro atoms. The van der Waals surface area contributed by atoms with E-state index >= 15 is 0 Å². The third-order valence-electron chi connectivity index (χ3n) is 5.00. The van der Waals surface area contributed by atoms with Gasteiger partial charge in [0, 0.05) is 31.5 Å². The molecule has 5 heteroatoms. The second kappa shape index (κ2) is 6.57. The minimum atomic E-state index is -0.232. The van der Waals surface area contributed by atoms with Crippen molar-refractivity contribution in [3.63, 3.8) is 0 Å². The Hall–Kier alpha value is -1.10. The highest BCUT2D eigenvalue weighted by molar-refractivity contribution is 5.79. The quantitative estimate of drug-likeness (QED) is 0.804. The van der Waals surface area contributed by atoms with Crippen molar-refractivity contribution in [1.29, 1.82) is 0 Å². The Kier molecular flexibility index (Phi) is 5.02. The Morgan fingerprint density at radius 2 is 1.80 bits per heavy atom. The van der Waals surface area contributed by atoms with E-state index < -0.39 is 0 Å². The van der Waals surface area contributed by atoms with Crippen LogP contribution in [-0.4, -0.2) is 35.8 Å². The number of carbonyl (C=O) groups is 2. The van der Waals surface area contributed by atoms with Crippen molar-refractivity contribution in [2.24, 2.45) is 29.2 Å². The lowest BCUT2D eigenvalue weighted by atomic mass is 9.78. The fourth-order valence-electron chi connectivity index (χ4n) is 3.54. The Morgan fingerprint density at radius 1 is 1.15 bits per heavy atom. The lowest BCUT2D eigenvalue weighted by molar-refractivity contribution is -0.138. The van der Waals surface area contributed by atoms with Crippen LogP contribution in [0.3, 0.4) is 0 Å². The van der Waals surface area contributed by atoms with Crippen molar-refractivity contribution in [3.8, 4) is 0 Å². The van der Waals surface area contributed by atoms with Crippen LogP contribution < -0.4 is 11.5 Å². The molecule has 3 atom stereocenters. The summed E-state index contributed by atoms with van der Waals surface area (Å²) >= 11 is 0. The van der Waals surface area contributed by atoms with Crippen molar-refractivity contribution in [2.45, 2.75) is 51.5 Å². The normalized spacial score (nSPS) is 32.1. The number of piperidine rings is 1. The molecule has 2 aliphatic rings. The van der Waals surface area contributed by atoms with Crippen LogP contribution in [0.15, 0.2) is 0 Å². The Bertz CT molecular complexity index is 364. The Morgan fingerprint density at radius 3 is 2.35 bits per heavy atom. The van der Waals surface area contributed by atoms with Gasteiger partial charge in [-0.25, -0.2) is 0 Å². The van der Waals surface area contributed by atoms with Crippen molar-refractivity contribution in [1.82, 2.24) is 4.90 Å². The average Bonchev–Trinajstić information content (AvgIpc) is 2.41. The van der Waals surface area contributed by atoms with Gasteiger partial charge in [-0.2, -0.15) is 0 Å². The van der Waals surface area contributed by atoms with Gasteiger partial charge in [-0.1, -0.05) is 6.92 Å². The molecule has 0 bridgehead atoms. The number of amides is 2. The monoisotopic (exact) mass is 281 g/mol. The zero-order valence-electron chi connectivity index (χ0n) is 12.4. The van der Waals surface area contributed by atoms with Crippen LogP contribution in [0.4, 0.5) is 0 Å². The topological polar surface area (TPSA) is 89.4 Å². The van der Waals surface area contributed by atoms with Crippen molar-refractivity contribution in [2.75, 3.05) is 13.1 Å². The minimum absolute atomic E-state index is 0.150. The minimum Gasteiger partial charge on any atom is -0.370 e. The molecular formula is C15H27N3O2. The molecule has 5 nitrogen and oxygen atoms in total. The van der Waals surface area contributed by atoms with Gasteiger partial charge in [-0.05, 0) is 43.9 Å². The van der Waals surface area contributed by atoms with E-state index in [4.69, 9.17) is 11.5 Å². The highest BCUT2D eigenvalue weighted by atomic mass is 16.2. The summed E-state index contributed by atoms with van der Waals surface area (Å²) in [6, 6.07) is 0.250. The van der Waals surface area contributed by atoms with Crippen LogP contribution in [0.25, 0.3) is 0 Å². The fraction of sp³-hybridized carbons (Fsp3) is 0.867. The summed E-state index contributed by atoms with van der Waals surface area (Å²) in [6.45, 7) is 3.69. The Balaban J connectivity index is 1.81. The molecule has 2 amide bonds. The van der Waals surface area contributed by atoms with Gasteiger partial charge >= 0.3 is 0 Å². The fourth-order valence-corrected chi connectivity index (χ4v) is 3.54. The molecule has 1 saturated heterocycles. The third kappa shape index (κ3) is 3.72. The van der Waals surface area contributed by atoms with Gasteiger partial charge in [0.1, 0.15) is 0 Å². The molecule has 3 unspecified atom stereocenters. The van der Waals surface area contributed by atoms with Crippen LogP contribution in [0, 0.1) is 17.8 Å². The summed E-state index contributed by atoms with van der Waals surface area (Å²) in [6.07, 6.45) is 5.05. The molecule has 2 rings (SSSR count). The number of nitrogens with zero attached hydrogens (tertiary/aromatic N) is 1. The molecule has 20 heavy (non-hydrogen) atoms. The molecule has 114 valence electrons. The van der Waals surface area contributed by atoms with Crippen LogP contribution in [-0.2, 0) is 9.59 Å². The second-order valence-corrected chi connectivity index (χ2v) is 6.59. The number of hydrogen-bond donors (Lipinski definition) is 2. The molecule has 1 aliphatic carbocycles. The number of nitrogens with two attached hydrogens (primary N) is 2. The first kappa shape index (κ1) is 15.3. The predicted molar refractivity (Wildman–Crippen MR) is 77.6 cm³/mol. The first-order valence-corrected chi connectivity index (χ1v) is 7.80. The lowest BCUT2D eigenvalue weighted by Gasteiger charge is -2.37. The lowest BCUT2D eigenvalue weighted by Crippen LogP contribution is -2.45. The maximum Gasteiger partial charge on any atom is 0.225 e. The largest absolute Gasteiger partial charge is 0.370 e. The van der Waals surface area contributed by atoms with E-state index in [1.165, 1.54) is 0 Å². The van der Waals surface area contributed by atoms with Gasteiger partial charge in [0.25, 0.3) is 0 Å². The summed E-state index contributed by atoms with van der Waals surface area (Å²) in [7, 11) is 0. The zero-order valence-corrected chi connectivity index (χ0v) is 12.4. The Labute approximate surface area is 121 Å². The molecule has 1 saturated carbocycles. The molecule has 4 N–H and O–H groups in total. The van der Waals surface area contributed by atoms with E-state index in [2.05, 4.69) is 6.92 Å². The van der Waals surface area contributed by atoms with E-state index in [0.29, 0.717) is 24.2 Å². The summed E-state index contributed by atoms with van der Waals surface area (Å²) < 4.78 is 0. The summed E-state index contributed by atoms with van der Waals surface area (Å²) in [5.41, 5.74) is 11.2. The van der Waals surface area contributed by atoms with E-state index in [-0.39, 0.29) is 17.9 Å². The maximum atomic E-state index is 12.5. The van der Waals surface area contributed by atoms with Crippen LogP contribution in [0.2, 0.25) is 0 Å². The van der Waals surface area contributed by atoms with Crippen LogP contribution in [0.5, 0.6) is 0 Å². The number of primary amides is 1. The number of likely N-dealkylation sites (tertiary alicyclic amines) is 1. The number of rotatable bonds is 3. The smallest absolute Gasteiger partial charge is 0.225 e. The second-order valence-electron chi connectivity index (χ2n) is 6.59. The molecule has 0 aromatic heterocycles. The van der Waals surface area contributed by atoms with E-state index in [1.807, 2.05) is 4.90 Å². The molecule has 1 heterocycles. The van der Waals surface area contributed by atoms with Crippen LogP contribution in [0.1, 0.15) is 45.4 Å². The van der Waals surface area contributed by atoms with E-state index in [9.17, 15) is 9.59 Å². The van der Waals surface area contributed by atoms with E-state index in [0.717, 1.165) is 45.2 Å². The first-order chi connectivity index (χ1) is 9.47. The molecule has 0 aromatic carbocycles. The van der Waals surface area contributed by atoms with Crippen molar-refractivity contribution in [3.05, 3.63) is 0 Å². The zero-order chi connectivity index (χ0) is 14.7. The maximum absolute atomic E-state index is 12.5. The number of carbonyl (C=O) groups excluding carboxylic acids is 2. The highest BCUT2D eigenvalue weighted by Crippen LogP contribution is 2.31. The molecule has 0 aromatic rings. The summed E-state index contributed by atoms with van der Waals surface area (Å²) in [4.78, 5) is 25.4. The third-order valence-corrected chi connectivity index (χ3v) is 5.00. The molecular weight excluding hydrogens is 254 g/mol. The summed E-state index contributed by atoms with van der Waals surface area (Å²) in [5, 5.41) is 0. The first-order valence-electron chi connectivity index (χ1n) is 7.80. The van der Waals surface area contributed by atoms with Crippen LogP contribution >= 0.6 is 0 Å². The average molecular weight is 281 g/mol. The SMILES string of the molecule is CC1CC(C(=O)N2CCC(CC(N)=O)CC2)CCC1N. The van der Waals surface area contributed by atoms with Gasteiger partial charge in [-0.3, -0.25) is 9.59 Å². The highest BCUT2D eigenvalue weighted by Gasteiger charge is 2.33.